The molecule has 0 saturated heterocycles. The third-order valence-electron chi connectivity index (χ3n) is 7.61. The highest BCUT2D eigenvalue weighted by Gasteiger charge is 2.66. The molecule has 6 rings (SSSR count). The Morgan fingerprint density at radius 3 is 2.65 bits per heavy atom. The molecule has 0 spiro atoms. The lowest BCUT2D eigenvalue weighted by atomic mass is 9.82. The highest BCUT2D eigenvalue weighted by molar-refractivity contribution is 5.61. The number of benzene rings is 1. The Labute approximate surface area is 196 Å². The Kier molecular flexibility index (Phi) is 4.36. The van der Waals surface area contributed by atoms with Gasteiger partial charge in [-0.3, -0.25) is 0 Å². The number of fused-ring (bicyclic) bond motifs is 4. The second-order valence-electron chi connectivity index (χ2n) is 10.4. The fourth-order valence-electron chi connectivity index (χ4n) is 5.86. The Hall–Kier alpha value is -3.16. The molecule has 5 nitrogen and oxygen atoms in total. The zero-order valence-corrected chi connectivity index (χ0v) is 19.4. The SMILES string of the molecule is Cc1cn(C2=CN3CCN(C[C@]45C[C@H]4C(C)(C)Oc4ccc(C(F)(F)F)cc45)C=C3C=C2)cn1. The van der Waals surface area contributed by atoms with E-state index in [1.807, 2.05) is 37.9 Å². The first kappa shape index (κ1) is 21.4. The number of allylic oxidation sites excluding steroid dienone is 3. The van der Waals surface area contributed by atoms with E-state index < -0.39 is 17.3 Å². The van der Waals surface area contributed by atoms with Crippen LogP contribution >= 0.6 is 0 Å². The van der Waals surface area contributed by atoms with E-state index >= 15 is 0 Å². The lowest BCUT2D eigenvalue weighted by Crippen LogP contribution is -2.45. The van der Waals surface area contributed by atoms with E-state index in [0.717, 1.165) is 42.7 Å². The van der Waals surface area contributed by atoms with Crippen molar-refractivity contribution in [3.05, 3.63) is 77.8 Å². The van der Waals surface area contributed by atoms with Crippen LogP contribution in [-0.2, 0) is 11.6 Å². The topological polar surface area (TPSA) is 33.5 Å². The number of aromatic nitrogens is 2. The number of halogens is 3. The molecule has 178 valence electrons. The van der Waals surface area contributed by atoms with Gasteiger partial charge in [0.15, 0.2) is 0 Å². The number of hydrogen-bond acceptors (Lipinski definition) is 4. The summed E-state index contributed by atoms with van der Waals surface area (Å²) >= 11 is 0. The summed E-state index contributed by atoms with van der Waals surface area (Å²) in [5, 5.41) is 0. The highest BCUT2D eigenvalue weighted by atomic mass is 19.4. The largest absolute Gasteiger partial charge is 0.487 e. The van der Waals surface area contributed by atoms with Crippen molar-refractivity contribution < 1.29 is 17.9 Å². The zero-order chi connectivity index (χ0) is 23.9. The maximum atomic E-state index is 13.5. The van der Waals surface area contributed by atoms with Gasteiger partial charge in [-0.2, -0.15) is 13.2 Å². The third kappa shape index (κ3) is 3.34. The van der Waals surface area contributed by atoms with Crippen LogP contribution < -0.4 is 4.74 Å². The van der Waals surface area contributed by atoms with Gasteiger partial charge in [0.2, 0.25) is 0 Å². The molecule has 1 fully saturated rings. The molecule has 0 unspecified atom stereocenters. The van der Waals surface area contributed by atoms with Crippen LogP contribution in [0.2, 0.25) is 0 Å². The summed E-state index contributed by atoms with van der Waals surface area (Å²) in [6.45, 7) is 8.35. The van der Waals surface area contributed by atoms with Crippen LogP contribution in [0.3, 0.4) is 0 Å². The Morgan fingerprint density at radius 2 is 1.91 bits per heavy atom. The molecule has 1 aromatic carbocycles. The molecule has 4 heterocycles. The number of alkyl halides is 3. The van der Waals surface area contributed by atoms with Gasteiger partial charge < -0.3 is 19.1 Å². The quantitative estimate of drug-likeness (QED) is 0.623. The lowest BCUT2D eigenvalue weighted by molar-refractivity contribution is -0.137. The maximum absolute atomic E-state index is 13.5. The molecule has 1 aromatic heterocycles. The molecule has 1 aliphatic carbocycles. The summed E-state index contributed by atoms with van der Waals surface area (Å²) in [6, 6.07) is 3.95. The number of ether oxygens (including phenoxy) is 1. The first-order chi connectivity index (χ1) is 16.0. The van der Waals surface area contributed by atoms with E-state index in [1.165, 1.54) is 12.1 Å². The zero-order valence-electron chi connectivity index (χ0n) is 19.4. The Bertz CT molecular complexity index is 1250. The second-order valence-corrected chi connectivity index (χ2v) is 10.4. The van der Waals surface area contributed by atoms with Crippen molar-refractivity contribution in [2.45, 2.75) is 44.4 Å². The number of rotatable bonds is 3. The minimum atomic E-state index is -4.37. The van der Waals surface area contributed by atoms with Gasteiger partial charge >= 0.3 is 6.18 Å². The third-order valence-corrected chi connectivity index (χ3v) is 7.61. The monoisotopic (exact) mass is 468 g/mol. The van der Waals surface area contributed by atoms with Gasteiger partial charge in [0.25, 0.3) is 0 Å². The van der Waals surface area contributed by atoms with Crippen LogP contribution in [0, 0.1) is 12.8 Å². The average molecular weight is 469 g/mol. The van der Waals surface area contributed by atoms with Crippen molar-refractivity contribution in [2.24, 2.45) is 5.92 Å². The molecule has 1 saturated carbocycles. The summed E-state index contributed by atoms with van der Waals surface area (Å²) in [7, 11) is 0. The molecule has 8 heteroatoms. The fraction of sp³-hybridized carbons (Fsp3) is 0.423. The van der Waals surface area contributed by atoms with Crippen molar-refractivity contribution in [1.82, 2.24) is 19.4 Å². The van der Waals surface area contributed by atoms with Crippen LogP contribution in [0.1, 0.15) is 37.1 Å². The summed E-state index contributed by atoms with van der Waals surface area (Å²) in [5.74, 6) is 0.768. The van der Waals surface area contributed by atoms with Gasteiger partial charge in [-0.1, -0.05) is 0 Å². The summed E-state index contributed by atoms with van der Waals surface area (Å²) in [5.41, 5.74) is 2.45. The minimum Gasteiger partial charge on any atom is -0.487 e. The van der Waals surface area contributed by atoms with E-state index in [0.29, 0.717) is 17.9 Å². The fourth-order valence-corrected chi connectivity index (χ4v) is 5.86. The first-order valence-corrected chi connectivity index (χ1v) is 11.6. The number of imidazole rings is 1. The Morgan fingerprint density at radius 1 is 1.12 bits per heavy atom. The van der Waals surface area contributed by atoms with Crippen LogP contribution in [0.25, 0.3) is 5.70 Å². The maximum Gasteiger partial charge on any atom is 0.416 e. The van der Waals surface area contributed by atoms with Gasteiger partial charge in [-0.25, -0.2) is 4.98 Å². The van der Waals surface area contributed by atoms with Crippen LogP contribution in [0.15, 0.2) is 61.0 Å². The molecule has 0 amide bonds. The van der Waals surface area contributed by atoms with Gasteiger partial charge in [0, 0.05) is 55.1 Å². The van der Waals surface area contributed by atoms with Crippen LogP contribution in [0.5, 0.6) is 5.75 Å². The van der Waals surface area contributed by atoms with Crippen molar-refractivity contribution >= 4 is 5.70 Å². The predicted octanol–water partition coefficient (Wildman–Crippen LogP) is 5.17. The number of nitrogens with zero attached hydrogens (tertiary/aromatic N) is 4. The highest BCUT2D eigenvalue weighted by Crippen LogP contribution is 2.65. The summed E-state index contributed by atoms with van der Waals surface area (Å²) in [4.78, 5) is 8.78. The van der Waals surface area contributed by atoms with Gasteiger partial charge in [-0.05, 0) is 57.5 Å². The van der Waals surface area contributed by atoms with Crippen LogP contribution in [-0.4, -0.2) is 44.6 Å². The van der Waals surface area contributed by atoms with Crippen molar-refractivity contribution in [3.8, 4) is 5.75 Å². The smallest absolute Gasteiger partial charge is 0.416 e. The Balaban J connectivity index is 1.28. The summed E-state index contributed by atoms with van der Waals surface area (Å²) in [6.07, 6.45) is 8.66. The number of hydrogen-bond donors (Lipinski definition) is 0. The lowest BCUT2D eigenvalue weighted by Gasteiger charge is -2.41. The molecule has 4 aliphatic rings. The molecule has 0 N–H and O–H groups in total. The van der Waals surface area contributed by atoms with Gasteiger partial charge in [0.1, 0.15) is 11.4 Å². The standard InChI is InChI=1S/C26H27F3N4O/c1-17-12-33(16-30-17)20-6-5-19-13-31(8-9-32(19)14-20)15-25-11-23(25)24(2,3)34-22-7-4-18(10-21(22)25)26(27,28)29/h4-7,10,12-14,16,23H,8-9,11,15H2,1-3H3/t23-,25-/m0/s1. The average Bonchev–Trinajstić information content (AvgIpc) is 3.37. The molecule has 34 heavy (non-hydrogen) atoms. The van der Waals surface area contributed by atoms with E-state index in [2.05, 4.69) is 39.3 Å². The molecular formula is C26H27F3N4O. The molecule has 3 aliphatic heterocycles. The molecule has 2 atom stereocenters. The summed E-state index contributed by atoms with van der Waals surface area (Å²) < 4.78 is 48.6. The van der Waals surface area contributed by atoms with Crippen LogP contribution in [0.4, 0.5) is 13.2 Å². The van der Waals surface area contributed by atoms with Crippen molar-refractivity contribution in [2.75, 3.05) is 19.6 Å². The number of aryl methyl sites for hydroxylation is 1. The van der Waals surface area contributed by atoms with Gasteiger partial charge in [-0.15, -0.1) is 0 Å². The van der Waals surface area contributed by atoms with E-state index in [-0.39, 0.29) is 11.3 Å². The predicted molar refractivity (Wildman–Crippen MR) is 123 cm³/mol. The van der Waals surface area contributed by atoms with E-state index in [1.54, 1.807) is 0 Å². The molecule has 2 aromatic rings. The second kappa shape index (κ2) is 6.93. The molecular weight excluding hydrogens is 441 g/mol. The first-order valence-electron chi connectivity index (χ1n) is 11.6. The van der Waals surface area contributed by atoms with Gasteiger partial charge in [0.05, 0.1) is 29.0 Å². The van der Waals surface area contributed by atoms with Crippen molar-refractivity contribution in [3.63, 3.8) is 0 Å². The van der Waals surface area contributed by atoms with E-state index in [9.17, 15) is 13.2 Å². The van der Waals surface area contributed by atoms with E-state index in [4.69, 9.17) is 4.74 Å². The normalized spacial score (nSPS) is 26.7. The molecule has 0 radical (unpaired) electrons. The van der Waals surface area contributed by atoms with Crippen molar-refractivity contribution in [1.29, 1.82) is 0 Å². The molecule has 0 bridgehead atoms. The minimum absolute atomic E-state index is 0.185.